The van der Waals surface area contributed by atoms with Crippen molar-refractivity contribution < 1.29 is 4.79 Å². The molecule has 118 valence electrons. The first kappa shape index (κ1) is 17.7. The molecule has 0 aliphatic carbocycles. The number of carbonyl (C=O) groups excluding carboxylic acids is 1. The fourth-order valence-corrected chi connectivity index (χ4v) is 2.30. The van der Waals surface area contributed by atoms with Gasteiger partial charge in [0, 0.05) is 20.1 Å². The lowest BCUT2D eigenvalue weighted by Gasteiger charge is -2.30. The van der Waals surface area contributed by atoms with Crippen molar-refractivity contribution in [2.45, 2.75) is 53.0 Å². The average Bonchev–Trinajstić information content (AvgIpc) is 2.45. The SMILES string of the molecule is CCC(C)(CN)C(=O)N(C)Cc1ccc(C(C)(C)C)cc1. The largest absolute Gasteiger partial charge is 0.341 e. The van der Waals surface area contributed by atoms with E-state index in [0.717, 1.165) is 12.0 Å². The maximum Gasteiger partial charge on any atom is 0.229 e. The lowest BCUT2D eigenvalue weighted by molar-refractivity contribution is -0.140. The Morgan fingerprint density at radius 3 is 2.05 bits per heavy atom. The summed E-state index contributed by atoms with van der Waals surface area (Å²) in [7, 11) is 1.85. The first-order valence-corrected chi connectivity index (χ1v) is 7.69. The highest BCUT2D eigenvalue weighted by Gasteiger charge is 2.32. The Labute approximate surface area is 129 Å². The molecule has 0 saturated heterocycles. The van der Waals surface area contributed by atoms with Crippen LogP contribution in [0.2, 0.25) is 0 Å². The zero-order valence-electron chi connectivity index (χ0n) is 14.4. The second-order valence-electron chi connectivity index (χ2n) is 7.23. The molecule has 0 heterocycles. The Bertz CT molecular complexity index is 467. The van der Waals surface area contributed by atoms with Crippen LogP contribution in [0.25, 0.3) is 0 Å². The van der Waals surface area contributed by atoms with Crippen LogP contribution in [0.4, 0.5) is 0 Å². The zero-order valence-corrected chi connectivity index (χ0v) is 14.4. The normalized spacial score (nSPS) is 14.6. The van der Waals surface area contributed by atoms with Gasteiger partial charge in [0.05, 0.1) is 5.41 Å². The third-order valence-corrected chi connectivity index (χ3v) is 4.33. The highest BCUT2D eigenvalue weighted by molar-refractivity contribution is 5.82. The van der Waals surface area contributed by atoms with Gasteiger partial charge in [-0.05, 0) is 29.9 Å². The number of nitrogens with zero attached hydrogens (tertiary/aromatic N) is 1. The van der Waals surface area contributed by atoms with E-state index in [9.17, 15) is 4.79 Å². The van der Waals surface area contributed by atoms with Gasteiger partial charge in [0.2, 0.25) is 5.91 Å². The smallest absolute Gasteiger partial charge is 0.229 e. The van der Waals surface area contributed by atoms with Gasteiger partial charge < -0.3 is 10.6 Å². The van der Waals surface area contributed by atoms with E-state index in [0.29, 0.717) is 13.1 Å². The number of nitrogens with two attached hydrogens (primary N) is 1. The predicted octanol–water partition coefficient (Wildman–Crippen LogP) is 3.32. The number of hydrogen-bond acceptors (Lipinski definition) is 2. The number of amides is 1. The molecule has 0 radical (unpaired) electrons. The molecule has 1 amide bonds. The van der Waals surface area contributed by atoms with Crippen molar-refractivity contribution in [3.8, 4) is 0 Å². The molecule has 0 bridgehead atoms. The summed E-state index contributed by atoms with van der Waals surface area (Å²) in [4.78, 5) is 14.3. The van der Waals surface area contributed by atoms with E-state index in [4.69, 9.17) is 5.73 Å². The molecule has 1 unspecified atom stereocenters. The van der Waals surface area contributed by atoms with E-state index in [1.54, 1.807) is 4.90 Å². The third-order valence-electron chi connectivity index (χ3n) is 4.33. The van der Waals surface area contributed by atoms with Gasteiger partial charge in [-0.3, -0.25) is 4.79 Å². The molecule has 1 aromatic carbocycles. The Kier molecular flexibility index (Phi) is 5.57. The van der Waals surface area contributed by atoms with Crippen LogP contribution in [0.3, 0.4) is 0 Å². The molecule has 0 fully saturated rings. The Morgan fingerprint density at radius 2 is 1.67 bits per heavy atom. The topological polar surface area (TPSA) is 46.3 Å². The Morgan fingerprint density at radius 1 is 1.14 bits per heavy atom. The molecule has 1 rings (SSSR count). The Balaban J connectivity index is 2.80. The molecule has 3 heteroatoms. The fourth-order valence-electron chi connectivity index (χ4n) is 2.30. The van der Waals surface area contributed by atoms with Gasteiger partial charge in [0.25, 0.3) is 0 Å². The second kappa shape index (κ2) is 6.61. The highest BCUT2D eigenvalue weighted by atomic mass is 16.2. The average molecular weight is 290 g/mol. The lowest BCUT2D eigenvalue weighted by Crippen LogP contribution is -2.44. The predicted molar refractivity (Wildman–Crippen MR) is 89.1 cm³/mol. The fraction of sp³-hybridized carbons (Fsp3) is 0.611. The minimum atomic E-state index is -0.458. The monoisotopic (exact) mass is 290 g/mol. The van der Waals surface area contributed by atoms with Crippen LogP contribution in [-0.4, -0.2) is 24.4 Å². The van der Waals surface area contributed by atoms with Crippen LogP contribution in [-0.2, 0) is 16.8 Å². The molecule has 0 aliphatic rings. The van der Waals surface area contributed by atoms with E-state index in [1.807, 2.05) is 20.9 Å². The summed E-state index contributed by atoms with van der Waals surface area (Å²) < 4.78 is 0. The maximum atomic E-state index is 12.5. The van der Waals surface area contributed by atoms with Crippen LogP contribution in [0, 0.1) is 5.41 Å². The Hall–Kier alpha value is -1.35. The van der Waals surface area contributed by atoms with Gasteiger partial charge in [0.1, 0.15) is 0 Å². The van der Waals surface area contributed by atoms with Crippen LogP contribution in [0.1, 0.15) is 52.2 Å². The summed E-state index contributed by atoms with van der Waals surface area (Å²) in [5.41, 5.74) is 7.92. The maximum absolute atomic E-state index is 12.5. The van der Waals surface area contributed by atoms with Crippen LogP contribution in [0.5, 0.6) is 0 Å². The van der Waals surface area contributed by atoms with Gasteiger partial charge in [-0.15, -0.1) is 0 Å². The minimum Gasteiger partial charge on any atom is -0.341 e. The third kappa shape index (κ3) is 4.31. The number of rotatable bonds is 5. The number of benzene rings is 1. The van der Waals surface area contributed by atoms with Crippen molar-refractivity contribution in [3.63, 3.8) is 0 Å². The van der Waals surface area contributed by atoms with E-state index >= 15 is 0 Å². The van der Waals surface area contributed by atoms with Crippen molar-refractivity contribution in [2.24, 2.45) is 11.1 Å². The molecule has 21 heavy (non-hydrogen) atoms. The summed E-state index contributed by atoms with van der Waals surface area (Å²) in [6, 6.07) is 8.51. The molecule has 1 atom stereocenters. The molecule has 3 nitrogen and oxygen atoms in total. The molecule has 0 aliphatic heterocycles. The molecule has 0 spiro atoms. The first-order valence-electron chi connectivity index (χ1n) is 7.69. The van der Waals surface area contributed by atoms with Gasteiger partial charge >= 0.3 is 0 Å². The van der Waals surface area contributed by atoms with Crippen molar-refractivity contribution >= 4 is 5.91 Å². The van der Waals surface area contributed by atoms with Crippen molar-refractivity contribution in [2.75, 3.05) is 13.6 Å². The van der Waals surface area contributed by atoms with Crippen molar-refractivity contribution in [3.05, 3.63) is 35.4 Å². The molecule has 2 N–H and O–H groups in total. The standard InChI is InChI=1S/C18H30N2O/c1-7-18(5,13-19)16(21)20(6)12-14-8-10-15(11-9-14)17(2,3)4/h8-11H,7,12-13,19H2,1-6H3. The molecule has 0 aromatic heterocycles. The quantitative estimate of drug-likeness (QED) is 0.904. The van der Waals surface area contributed by atoms with Gasteiger partial charge in [-0.25, -0.2) is 0 Å². The van der Waals surface area contributed by atoms with Gasteiger partial charge in [-0.1, -0.05) is 52.0 Å². The minimum absolute atomic E-state index is 0.118. The van der Waals surface area contributed by atoms with E-state index < -0.39 is 5.41 Å². The zero-order chi connectivity index (χ0) is 16.3. The molecular weight excluding hydrogens is 260 g/mol. The molecule has 1 aromatic rings. The van der Waals surface area contributed by atoms with Gasteiger partial charge in [0.15, 0.2) is 0 Å². The van der Waals surface area contributed by atoms with Crippen molar-refractivity contribution in [1.82, 2.24) is 4.90 Å². The van der Waals surface area contributed by atoms with Crippen LogP contribution < -0.4 is 5.73 Å². The van der Waals surface area contributed by atoms with Crippen LogP contribution >= 0.6 is 0 Å². The van der Waals surface area contributed by atoms with Crippen LogP contribution in [0.15, 0.2) is 24.3 Å². The summed E-state index contributed by atoms with van der Waals surface area (Å²) >= 11 is 0. The van der Waals surface area contributed by atoms with E-state index in [1.165, 1.54) is 5.56 Å². The van der Waals surface area contributed by atoms with Crippen molar-refractivity contribution in [1.29, 1.82) is 0 Å². The second-order valence-corrected chi connectivity index (χ2v) is 7.23. The summed E-state index contributed by atoms with van der Waals surface area (Å²) in [5, 5.41) is 0. The summed E-state index contributed by atoms with van der Waals surface area (Å²) in [6.45, 7) is 11.6. The summed E-state index contributed by atoms with van der Waals surface area (Å²) in [5.74, 6) is 0.118. The lowest BCUT2D eigenvalue weighted by atomic mass is 9.85. The summed E-state index contributed by atoms with van der Waals surface area (Å²) in [6.07, 6.45) is 0.760. The number of carbonyl (C=O) groups is 1. The first-order chi connectivity index (χ1) is 9.64. The van der Waals surface area contributed by atoms with Gasteiger partial charge in [-0.2, -0.15) is 0 Å². The molecule has 0 saturated carbocycles. The highest BCUT2D eigenvalue weighted by Crippen LogP contribution is 2.24. The molecular formula is C18H30N2O. The number of hydrogen-bond donors (Lipinski definition) is 1. The van der Waals surface area contributed by atoms with E-state index in [2.05, 4.69) is 45.0 Å². The van der Waals surface area contributed by atoms with E-state index in [-0.39, 0.29) is 11.3 Å².